The summed E-state index contributed by atoms with van der Waals surface area (Å²) >= 11 is 0. The largest absolute Gasteiger partial charge is 0.384 e. The van der Waals surface area contributed by atoms with Crippen LogP contribution in [0.5, 0.6) is 0 Å². The van der Waals surface area contributed by atoms with Gasteiger partial charge in [0.25, 0.3) is 0 Å². The van der Waals surface area contributed by atoms with Crippen LogP contribution in [0.1, 0.15) is 38.4 Å². The van der Waals surface area contributed by atoms with E-state index in [1.165, 1.54) is 12.8 Å². The van der Waals surface area contributed by atoms with Gasteiger partial charge in [-0.3, -0.25) is 0 Å². The lowest BCUT2D eigenvalue weighted by Crippen LogP contribution is -2.27. The number of aromatic nitrogens is 2. The Morgan fingerprint density at radius 2 is 2.17 bits per heavy atom. The van der Waals surface area contributed by atoms with Gasteiger partial charge < -0.3 is 16.0 Å². The van der Waals surface area contributed by atoms with E-state index in [9.17, 15) is 0 Å². The smallest absolute Gasteiger partial charge is 0.135 e. The van der Waals surface area contributed by atoms with E-state index >= 15 is 0 Å². The highest BCUT2D eigenvalue weighted by molar-refractivity contribution is 5.44. The molecule has 0 unspecified atom stereocenters. The molecular weight excluding hydrogens is 226 g/mol. The van der Waals surface area contributed by atoms with Crippen LogP contribution in [0.4, 0.5) is 11.6 Å². The Morgan fingerprint density at radius 3 is 2.78 bits per heavy atom. The number of nitrogens with two attached hydrogens (primary N) is 1. The molecule has 0 amide bonds. The predicted octanol–water partition coefficient (Wildman–Crippen LogP) is 1.69. The molecule has 1 saturated carbocycles. The minimum absolute atomic E-state index is 0.295. The molecule has 1 fully saturated rings. The monoisotopic (exact) mass is 249 g/mol. The Hall–Kier alpha value is -1.36. The number of hydrogen-bond acceptors (Lipinski definition) is 5. The molecule has 5 nitrogen and oxygen atoms in total. The van der Waals surface area contributed by atoms with Crippen LogP contribution >= 0.6 is 0 Å². The fourth-order valence-corrected chi connectivity index (χ4v) is 1.89. The van der Waals surface area contributed by atoms with Gasteiger partial charge in [0.15, 0.2) is 0 Å². The average Bonchev–Trinajstić information content (AvgIpc) is 3.11. The molecule has 0 saturated heterocycles. The second-order valence-electron chi connectivity index (χ2n) is 5.33. The summed E-state index contributed by atoms with van der Waals surface area (Å²) in [4.78, 5) is 11.1. The quantitative estimate of drug-likeness (QED) is 0.803. The van der Waals surface area contributed by atoms with E-state index in [0.717, 1.165) is 30.8 Å². The zero-order valence-electron chi connectivity index (χ0n) is 11.5. The summed E-state index contributed by atoms with van der Waals surface area (Å²) in [7, 11) is 2.17. The molecule has 0 spiro atoms. The molecule has 0 bridgehead atoms. The molecular formula is C13H23N5. The molecule has 0 atom stereocenters. The van der Waals surface area contributed by atoms with Gasteiger partial charge in [-0.15, -0.1) is 0 Å². The third-order valence-corrected chi connectivity index (χ3v) is 3.22. The maximum atomic E-state index is 5.79. The van der Waals surface area contributed by atoms with Crippen LogP contribution in [0, 0.1) is 0 Å². The number of rotatable bonds is 6. The molecule has 0 radical (unpaired) electrons. The standard InChI is InChI=1S/C13H23N5/c1-9(2)13-16-11(14)8-12(17-13)15-6-7-18(3)10-4-5-10/h8-10H,4-7H2,1-3H3,(H3,14,15,16,17). The van der Waals surface area contributed by atoms with Crippen LogP contribution in [0.2, 0.25) is 0 Å². The van der Waals surface area contributed by atoms with Crippen molar-refractivity contribution in [3.8, 4) is 0 Å². The Bertz CT molecular complexity index is 400. The average molecular weight is 249 g/mol. The third kappa shape index (κ3) is 3.57. The molecule has 18 heavy (non-hydrogen) atoms. The second-order valence-corrected chi connectivity index (χ2v) is 5.33. The number of hydrogen-bond donors (Lipinski definition) is 2. The lowest BCUT2D eigenvalue weighted by atomic mass is 10.2. The Balaban J connectivity index is 1.87. The number of nitrogens with one attached hydrogen (secondary N) is 1. The summed E-state index contributed by atoms with van der Waals surface area (Å²) in [6.07, 6.45) is 2.68. The Kier molecular flexibility index (Phi) is 4.01. The minimum Gasteiger partial charge on any atom is -0.384 e. The van der Waals surface area contributed by atoms with E-state index in [4.69, 9.17) is 5.73 Å². The summed E-state index contributed by atoms with van der Waals surface area (Å²) in [6, 6.07) is 2.59. The molecule has 2 rings (SSSR count). The van der Waals surface area contributed by atoms with E-state index < -0.39 is 0 Å². The topological polar surface area (TPSA) is 67.1 Å². The number of nitrogens with zero attached hydrogens (tertiary/aromatic N) is 3. The van der Waals surface area contributed by atoms with E-state index in [0.29, 0.717) is 11.7 Å². The second kappa shape index (κ2) is 5.52. The normalized spacial score (nSPS) is 15.4. The van der Waals surface area contributed by atoms with E-state index in [-0.39, 0.29) is 0 Å². The van der Waals surface area contributed by atoms with Gasteiger partial charge in [0.05, 0.1) is 0 Å². The molecule has 0 aromatic carbocycles. The van der Waals surface area contributed by atoms with Gasteiger partial charge in [-0.25, -0.2) is 9.97 Å². The van der Waals surface area contributed by atoms with E-state index in [1.807, 2.05) is 0 Å². The molecule has 1 heterocycles. The predicted molar refractivity (Wildman–Crippen MR) is 74.7 cm³/mol. The highest BCUT2D eigenvalue weighted by Gasteiger charge is 2.25. The van der Waals surface area contributed by atoms with Crippen molar-refractivity contribution in [2.45, 2.75) is 38.6 Å². The fraction of sp³-hybridized carbons (Fsp3) is 0.692. The van der Waals surface area contributed by atoms with Gasteiger partial charge in [0.2, 0.25) is 0 Å². The first kappa shape index (κ1) is 13.1. The summed E-state index contributed by atoms with van der Waals surface area (Å²) in [6.45, 7) is 6.06. The summed E-state index contributed by atoms with van der Waals surface area (Å²) in [5, 5.41) is 3.32. The zero-order chi connectivity index (χ0) is 13.1. The first-order valence-corrected chi connectivity index (χ1v) is 6.65. The molecule has 3 N–H and O–H groups in total. The van der Waals surface area contributed by atoms with Gasteiger partial charge in [0.1, 0.15) is 17.5 Å². The van der Waals surface area contributed by atoms with Crippen molar-refractivity contribution in [2.75, 3.05) is 31.2 Å². The van der Waals surface area contributed by atoms with Crippen LogP contribution in [-0.2, 0) is 0 Å². The van der Waals surface area contributed by atoms with Gasteiger partial charge >= 0.3 is 0 Å². The van der Waals surface area contributed by atoms with Crippen molar-refractivity contribution in [2.24, 2.45) is 0 Å². The molecule has 100 valence electrons. The van der Waals surface area contributed by atoms with Crippen LogP contribution in [-0.4, -0.2) is 41.0 Å². The number of likely N-dealkylation sites (N-methyl/N-ethyl adjacent to an activating group) is 1. The lowest BCUT2D eigenvalue weighted by Gasteiger charge is -2.16. The van der Waals surface area contributed by atoms with Crippen molar-refractivity contribution in [3.05, 3.63) is 11.9 Å². The van der Waals surface area contributed by atoms with Gasteiger partial charge in [-0.1, -0.05) is 13.8 Å². The molecule has 1 aromatic rings. The third-order valence-electron chi connectivity index (χ3n) is 3.22. The minimum atomic E-state index is 0.295. The number of anilines is 2. The maximum Gasteiger partial charge on any atom is 0.135 e. The van der Waals surface area contributed by atoms with Gasteiger partial charge in [-0.2, -0.15) is 0 Å². The number of nitrogen functional groups attached to an aromatic ring is 1. The Labute approximate surface area is 109 Å². The molecule has 0 aliphatic heterocycles. The molecule has 1 aliphatic rings. The fourth-order valence-electron chi connectivity index (χ4n) is 1.89. The zero-order valence-corrected chi connectivity index (χ0v) is 11.5. The highest BCUT2D eigenvalue weighted by Crippen LogP contribution is 2.24. The summed E-state index contributed by atoms with van der Waals surface area (Å²) in [5.41, 5.74) is 5.79. The van der Waals surface area contributed by atoms with Crippen molar-refractivity contribution < 1.29 is 0 Å². The molecule has 1 aliphatic carbocycles. The Morgan fingerprint density at radius 1 is 1.44 bits per heavy atom. The van der Waals surface area contributed by atoms with Crippen molar-refractivity contribution in [1.82, 2.24) is 14.9 Å². The lowest BCUT2D eigenvalue weighted by molar-refractivity contribution is 0.337. The van der Waals surface area contributed by atoms with E-state index in [1.54, 1.807) is 6.07 Å². The van der Waals surface area contributed by atoms with Crippen LogP contribution in [0.3, 0.4) is 0 Å². The van der Waals surface area contributed by atoms with Crippen molar-refractivity contribution in [3.63, 3.8) is 0 Å². The SMILES string of the molecule is CC(C)c1nc(N)cc(NCCN(C)C2CC2)n1. The van der Waals surface area contributed by atoms with E-state index in [2.05, 4.69) is 41.1 Å². The van der Waals surface area contributed by atoms with Crippen molar-refractivity contribution >= 4 is 11.6 Å². The van der Waals surface area contributed by atoms with Crippen LogP contribution in [0.25, 0.3) is 0 Å². The first-order chi connectivity index (χ1) is 8.56. The van der Waals surface area contributed by atoms with Crippen LogP contribution < -0.4 is 11.1 Å². The van der Waals surface area contributed by atoms with Crippen molar-refractivity contribution in [1.29, 1.82) is 0 Å². The summed E-state index contributed by atoms with van der Waals surface area (Å²) < 4.78 is 0. The molecule has 5 heteroatoms. The van der Waals surface area contributed by atoms with Gasteiger partial charge in [0, 0.05) is 31.1 Å². The van der Waals surface area contributed by atoms with Crippen LogP contribution in [0.15, 0.2) is 6.07 Å². The summed E-state index contributed by atoms with van der Waals surface area (Å²) in [5.74, 6) is 2.46. The first-order valence-electron chi connectivity index (χ1n) is 6.65. The van der Waals surface area contributed by atoms with Gasteiger partial charge in [-0.05, 0) is 19.9 Å². The molecule has 1 aromatic heterocycles. The highest BCUT2D eigenvalue weighted by atomic mass is 15.2. The maximum absolute atomic E-state index is 5.79.